The number of hydrogen-bond donors (Lipinski definition) is 1. The van der Waals surface area contributed by atoms with Crippen molar-refractivity contribution >= 4 is 11.3 Å². The SMILES string of the molecule is OC(Cc1cccs1)C1=CCCO1. The second-order valence-corrected chi connectivity index (χ2v) is 4.08. The molecule has 2 nitrogen and oxygen atoms in total. The molecule has 1 aliphatic rings. The summed E-state index contributed by atoms with van der Waals surface area (Å²) in [6.07, 6.45) is 3.11. The third-order valence-electron chi connectivity index (χ3n) is 2.04. The maximum Gasteiger partial charge on any atom is 0.121 e. The van der Waals surface area contributed by atoms with Gasteiger partial charge >= 0.3 is 0 Å². The van der Waals surface area contributed by atoms with Crippen LogP contribution >= 0.6 is 11.3 Å². The normalized spacial score (nSPS) is 18.1. The molecule has 0 saturated carbocycles. The first kappa shape index (κ1) is 8.78. The summed E-state index contributed by atoms with van der Waals surface area (Å²) in [7, 11) is 0. The Balaban J connectivity index is 1.95. The van der Waals surface area contributed by atoms with Crippen molar-refractivity contribution in [3.63, 3.8) is 0 Å². The van der Waals surface area contributed by atoms with E-state index in [0.717, 1.165) is 18.8 Å². The average Bonchev–Trinajstić information content (AvgIpc) is 2.74. The summed E-state index contributed by atoms with van der Waals surface area (Å²) in [6, 6.07) is 4.03. The van der Waals surface area contributed by atoms with Crippen molar-refractivity contribution in [2.24, 2.45) is 0 Å². The predicted molar refractivity (Wildman–Crippen MR) is 52.7 cm³/mol. The molecule has 0 aliphatic carbocycles. The topological polar surface area (TPSA) is 29.5 Å². The second kappa shape index (κ2) is 3.94. The Morgan fingerprint density at radius 1 is 1.62 bits per heavy atom. The summed E-state index contributed by atoms with van der Waals surface area (Å²) in [5.74, 6) is 0.744. The van der Waals surface area contributed by atoms with Gasteiger partial charge in [0.25, 0.3) is 0 Å². The lowest BCUT2D eigenvalue weighted by Crippen LogP contribution is -2.13. The molecule has 0 aromatic carbocycles. The summed E-state index contributed by atoms with van der Waals surface area (Å²) < 4.78 is 5.28. The van der Waals surface area contributed by atoms with Crippen molar-refractivity contribution in [2.75, 3.05) is 6.61 Å². The summed E-state index contributed by atoms with van der Waals surface area (Å²) in [5, 5.41) is 11.8. The molecule has 3 heteroatoms. The maximum atomic E-state index is 9.73. The van der Waals surface area contributed by atoms with Crippen LogP contribution in [0.4, 0.5) is 0 Å². The van der Waals surface area contributed by atoms with Gasteiger partial charge in [-0.3, -0.25) is 0 Å². The van der Waals surface area contributed by atoms with Crippen LogP contribution in [-0.4, -0.2) is 17.8 Å². The van der Waals surface area contributed by atoms with Gasteiger partial charge in [-0.1, -0.05) is 6.07 Å². The average molecular weight is 196 g/mol. The minimum atomic E-state index is -0.457. The summed E-state index contributed by atoms with van der Waals surface area (Å²) in [4.78, 5) is 1.20. The second-order valence-electron chi connectivity index (χ2n) is 3.04. The number of rotatable bonds is 3. The molecule has 0 bridgehead atoms. The first-order valence-corrected chi connectivity index (χ1v) is 5.27. The van der Waals surface area contributed by atoms with Gasteiger partial charge in [0, 0.05) is 17.7 Å². The van der Waals surface area contributed by atoms with E-state index in [2.05, 4.69) is 0 Å². The first-order chi connectivity index (χ1) is 6.36. The van der Waals surface area contributed by atoms with Gasteiger partial charge in [-0.15, -0.1) is 11.3 Å². The predicted octanol–water partition coefficient (Wildman–Crippen LogP) is 1.96. The largest absolute Gasteiger partial charge is 0.495 e. The molecule has 0 fully saturated rings. The van der Waals surface area contributed by atoms with Crippen LogP contribution in [0.3, 0.4) is 0 Å². The minimum absolute atomic E-state index is 0.457. The van der Waals surface area contributed by atoms with E-state index in [1.807, 2.05) is 23.6 Å². The molecule has 2 heterocycles. The van der Waals surface area contributed by atoms with E-state index in [1.54, 1.807) is 11.3 Å². The lowest BCUT2D eigenvalue weighted by atomic mass is 10.2. The van der Waals surface area contributed by atoms with Crippen molar-refractivity contribution in [3.8, 4) is 0 Å². The highest BCUT2D eigenvalue weighted by atomic mass is 32.1. The van der Waals surface area contributed by atoms with Gasteiger partial charge in [0.05, 0.1) is 6.61 Å². The Kier molecular flexibility index (Phi) is 2.66. The van der Waals surface area contributed by atoms with Crippen molar-refractivity contribution < 1.29 is 9.84 Å². The fourth-order valence-corrected chi connectivity index (χ4v) is 2.13. The molecule has 1 aliphatic heterocycles. The Hall–Kier alpha value is -0.800. The molecular weight excluding hydrogens is 184 g/mol. The number of aliphatic hydroxyl groups is 1. The van der Waals surface area contributed by atoms with Gasteiger partial charge in [-0.25, -0.2) is 0 Å². The first-order valence-electron chi connectivity index (χ1n) is 4.39. The van der Waals surface area contributed by atoms with E-state index in [1.165, 1.54) is 4.88 Å². The van der Waals surface area contributed by atoms with Crippen LogP contribution in [0, 0.1) is 0 Å². The van der Waals surface area contributed by atoms with Crippen molar-refractivity contribution in [1.82, 2.24) is 0 Å². The highest BCUT2D eigenvalue weighted by Gasteiger charge is 2.16. The van der Waals surface area contributed by atoms with E-state index in [-0.39, 0.29) is 0 Å². The van der Waals surface area contributed by atoms with Gasteiger partial charge in [0.15, 0.2) is 0 Å². The highest BCUT2D eigenvalue weighted by molar-refractivity contribution is 7.09. The Morgan fingerprint density at radius 3 is 3.15 bits per heavy atom. The Bertz CT molecular complexity index is 290. The summed E-state index contributed by atoms with van der Waals surface area (Å²) in [6.45, 7) is 0.719. The van der Waals surface area contributed by atoms with E-state index in [4.69, 9.17) is 4.74 Å². The van der Waals surface area contributed by atoms with Crippen LogP contribution in [0.5, 0.6) is 0 Å². The van der Waals surface area contributed by atoms with Crippen LogP contribution in [0.1, 0.15) is 11.3 Å². The fourth-order valence-electron chi connectivity index (χ4n) is 1.39. The molecule has 1 unspecified atom stereocenters. The van der Waals surface area contributed by atoms with Crippen molar-refractivity contribution in [1.29, 1.82) is 0 Å². The number of ether oxygens (including phenoxy) is 1. The van der Waals surface area contributed by atoms with Gasteiger partial charge in [-0.05, 0) is 17.5 Å². The lowest BCUT2D eigenvalue weighted by Gasteiger charge is -2.10. The van der Waals surface area contributed by atoms with E-state index in [0.29, 0.717) is 6.42 Å². The number of thiophene rings is 1. The molecule has 1 aromatic rings. The van der Waals surface area contributed by atoms with Crippen LogP contribution in [-0.2, 0) is 11.2 Å². The van der Waals surface area contributed by atoms with Crippen LogP contribution < -0.4 is 0 Å². The third kappa shape index (κ3) is 2.11. The molecule has 70 valence electrons. The number of aliphatic hydroxyl groups excluding tert-OH is 1. The number of hydrogen-bond acceptors (Lipinski definition) is 3. The van der Waals surface area contributed by atoms with Crippen LogP contribution in [0.25, 0.3) is 0 Å². The Morgan fingerprint density at radius 2 is 2.54 bits per heavy atom. The quantitative estimate of drug-likeness (QED) is 0.800. The van der Waals surface area contributed by atoms with Crippen LogP contribution in [0.15, 0.2) is 29.3 Å². The fraction of sp³-hybridized carbons (Fsp3) is 0.400. The maximum absolute atomic E-state index is 9.73. The molecule has 0 spiro atoms. The van der Waals surface area contributed by atoms with Gasteiger partial charge in [0.1, 0.15) is 11.9 Å². The zero-order chi connectivity index (χ0) is 9.10. The molecule has 1 aromatic heterocycles. The van der Waals surface area contributed by atoms with Gasteiger partial charge < -0.3 is 9.84 Å². The van der Waals surface area contributed by atoms with Crippen LogP contribution in [0.2, 0.25) is 0 Å². The Labute approximate surface area is 81.5 Å². The lowest BCUT2D eigenvalue weighted by molar-refractivity contribution is 0.119. The molecule has 1 atom stereocenters. The van der Waals surface area contributed by atoms with Gasteiger partial charge in [0.2, 0.25) is 0 Å². The van der Waals surface area contributed by atoms with Gasteiger partial charge in [-0.2, -0.15) is 0 Å². The zero-order valence-corrected chi connectivity index (χ0v) is 8.09. The van der Waals surface area contributed by atoms with E-state index in [9.17, 15) is 5.11 Å². The molecule has 2 rings (SSSR count). The van der Waals surface area contributed by atoms with Crippen molar-refractivity contribution in [2.45, 2.75) is 18.9 Å². The molecular formula is C10H12O2S. The van der Waals surface area contributed by atoms with E-state index < -0.39 is 6.10 Å². The monoisotopic (exact) mass is 196 g/mol. The third-order valence-corrected chi connectivity index (χ3v) is 2.93. The van der Waals surface area contributed by atoms with E-state index >= 15 is 0 Å². The molecule has 0 amide bonds. The molecule has 0 saturated heterocycles. The summed E-state index contributed by atoms with van der Waals surface area (Å²) >= 11 is 1.67. The standard InChI is InChI=1S/C10H12O2S/c11-9(10-4-1-5-12-10)7-8-3-2-6-13-8/h2-4,6,9,11H,1,5,7H2. The molecule has 13 heavy (non-hydrogen) atoms. The highest BCUT2D eigenvalue weighted by Crippen LogP contribution is 2.19. The molecule has 1 N–H and O–H groups in total. The smallest absolute Gasteiger partial charge is 0.121 e. The zero-order valence-electron chi connectivity index (χ0n) is 7.27. The summed E-state index contributed by atoms with van der Waals surface area (Å²) in [5.41, 5.74) is 0. The minimum Gasteiger partial charge on any atom is -0.495 e. The van der Waals surface area contributed by atoms with Crippen molar-refractivity contribution in [3.05, 3.63) is 34.2 Å². The molecule has 0 radical (unpaired) electrons.